The van der Waals surface area contributed by atoms with Gasteiger partial charge in [-0.3, -0.25) is 4.90 Å². The van der Waals surface area contributed by atoms with Gasteiger partial charge in [-0.05, 0) is 31.6 Å². The summed E-state index contributed by atoms with van der Waals surface area (Å²) in [5.74, 6) is 0.785. The summed E-state index contributed by atoms with van der Waals surface area (Å²) >= 11 is 0. The molecule has 0 spiro atoms. The number of nitrogens with one attached hydrogen (secondary N) is 1. The summed E-state index contributed by atoms with van der Waals surface area (Å²) in [4.78, 5) is 2.70. The average molecular weight is 240 g/mol. The van der Waals surface area contributed by atoms with Crippen LogP contribution in [0, 0.1) is 11.3 Å². The zero-order chi connectivity index (χ0) is 13.2. The minimum atomic E-state index is 0.361. The SMILES string of the molecule is CC(C)CC1CN(C(C)C)C(C(C)(C)C)CN1. The van der Waals surface area contributed by atoms with Gasteiger partial charge in [-0.15, -0.1) is 0 Å². The van der Waals surface area contributed by atoms with Crippen LogP contribution in [0.4, 0.5) is 0 Å². The second-order valence-corrected chi connectivity index (χ2v) is 7.41. The van der Waals surface area contributed by atoms with Crippen molar-refractivity contribution in [1.82, 2.24) is 10.2 Å². The van der Waals surface area contributed by atoms with Crippen molar-refractivity contribution < 1.29 is 0 Å². The highest BCUT2D eigenvalue weighted by atomic mass is 15.3. The van der Waals surface area contributed by atoms with Crippen LogP contribution in [0.3, 0.4) is 0 Å². The Morgan fingerprint density at radius 3 is 2.18 bits per heavy atom. The molecule has 2 nitrogen and oxygen atoms in total. The van der Waals surface area contributed by atoms with Gasteiger partial charge in [-0.2, -0.15) is 0 Å². The third-order valence-corrected chi connectivity index (χ3v) is 3.85. The van der Waals surface area contributed by atoms with E-state index in [0.717, 1.165) is 12.5 Å². The Hall–Kier alpha value is -0.0800. The van der Waals surface area contributed by atoms with Crippen LogP contribution in [-0.2, 0) is 0 Å². The molecule has 2 atom stereocenters. The zero-order valence-electron chi connectivity index (χ0n) is 12.9. The molecular formula is C15H32N2. The molecule has 0 aromatic heterocycles. The predicted molar refractivity (Wildman–Crippen MR) is 76.3 cm³/mol. The molecule has 1 aliphatic rings. The van der Waals surface area contributed by atoms with Gasteiger partial charge in [-0.25, -0.2) is 0 Å². The maximum atomic E-state index is 3.75. The van der Waals surface area contributed by atoms with Gasteiger partial charge in [0.1, 0.15) is 0 Å². The van der Waals surface area contributed by atoms with E-state index in [0.29, 0.717) is 23.5 Å². The fraction of sp³-hybridized carbons (Fsp3) is 1.00. The molecule has 1 aliphatic heterocycles. The molecular weight excluding hydrogens is 208 g/mol. The first-order valence-corrected chi connectivity index (χ1v) is 7.21. The highest BCUT2D eigenvalue weighted by Crippen LogP contribution is 2.28. The predicted octanol–water partition coefficient (Wildman–Crippen LogP) is 3.13. The normalized spacial score (nSPS) is 28.1. The van der Waals surface area contributed by atoms with Crippen LogP contribution in [0.2, 0.25) is 0 Å². The van der Waals surface area contributed by atoms with Gasteiger partial charge in [0.2, 0.25) is 0 Å². The van der Waals surface area contributed by atoms with Gasteiger partial charge in [0.15, 0.2) is 0 Å². The standard InChI is InChI=1S/C15H32N2/c1-11(2)8-13-10-17(12(3)4)14(9-16-13)15(5,6)7/h11-14,16H,8-10H2,1-7H3. The monoisotopic (exact) mass is 240 g/mol. The fourth-order valence-electron chi connectivity index (χ4n) is 2.94. The van der Waals surface area contributed by atoms with Crippen LogP contribution in [0.1, 0.15) is 54.9 Å². The largest absolute Gasteiger partial charge is 0.311 e. The molecule has 0 aromatic carbocycles. The summed E-state index contributed by atoms with van der Waals surface area (Å²) in [6, 6.07) is 1.98. The summed E-state index contributed by atoms with van der Waals surface area (Å²) in [6.45, 7) is 18.7. The molecule has 0 amide bonds. The molecule has 0 aromatic rings. The summed E-state index contributed by atoms with van der Waals surface area (Å²) in [6.07, 6.45) is 1.29. The summed E-state index contributed by atoms with van der Waals surface area (Å²) < 4.78 is 0. The summed E-state index contributed by atoms with van der Waals surface area (Å²) in [5.41, 5.74) is 0.361. The molecule has 0 bridgehead atoms. The van der Waals surface area contributed by atoms with Crippen LogP contribution >= 0.6 is 0 Å². The molecule has 0 saturated carbocycles. The number of rotatable bonds is 3. The van der Waals surface area contributed by atoms with E-state index < -0.39 is 0 Å². The number of nitrogens with zero attached hydrogens (tertiary/aromatic N) is 1. The lowest BCUT2D eigenvalue weighted by atomic mass is 9.82. The van der Waals surface area contributed by atoms with Crippen LogP contribution in [0.5, 0.6) is 0 Å². The van der Waals surface area contributed by atoms with Gasteiger partial charge in [0.25, 0.3) is 0 Å². The first-order chi connectivity index (χ1) is 7.71. The molecule has 1 heterocycles. The van der Waals surface area contributed by atoms with Crippen molar-refractivity contribution in [1.29, 1.82) is 0 Å². The summed E-state index contributed by atoms with van der Waals surface area (Å²) in [7, 11) is 0. The van der Waals surface area contributed by atoms with Gasteiger partial charge in [0, 0.05) is 31.2 Å². The highest BCUT2D eigenvalue weighted by Gasteiger charge is 2.36. The molecule has 102 valence electrons. The van der Waals surface area contributed by atoms with E-state index in [9.17, 15) is 0 Å². The van der Waals surface area contributed by atoms with Gasteiger partial charge < -0.3 is 5.32 Å². The Morgan fingerprint density at radius 2 is 1.76 bits per heavy atom. The lowest BCUT2D eigenvalue weighted by Gasteiger charge is -2.48. The Bertz CT molecular complexity index is 228. The van der Waals surface area contributed by atoms with Crippen LogP contribution in [0.25, 0.3) is 0 Å². The number of hydrogen-bond acceptors (Lipinski definition) is 2. The zero-order valence-corrected chi connectivity index (χ0v) is 12.9. The third kappa shape index (κ3) is 4.26. The molecule has 0 radical (unpaired) electrons. The maximum Gasteiger partial charge on any atom is 0.0272 e. The Kier molecular flexibility index (Phi) is 5.03. The van der Waals surface area contributed by atoms with E-state index in [4.69, 9.17) is 0 Å². The maximum absolute atomic E-state index is 3.75. The van der Waals surface area contributed by atoms with Gasteiger partial charge >= 0.3 is 0 Å². The van der Waals surface area contributed by atoms with E-state index in [1.165, 1.54) is 13.0 Å². The van der Waals surface area contributed by atoms with Crippen molar-refractivity contribution in [2.75, 3.05) is 13.1 Å². The molecule has 1 rings (SSSR count). The molecule has 2 heteroatoms. The second kappa shape index (κ2) is 5.71. The molecule has 1 saturated heterocycles. The van der Waals surface area contributed by atoms with E-state index >= 15 is 0 Å². The molecule has 2 unspecified atom stereocenters. The quantitative estimate of drug-likeness (QED) is 0.815. The van der Waals surface area contributed by atoms with Crippen molar-refractivity contribution in [2.24, 2.45) is 11.3 Å². The minimum Gasteiger partial charge on any atom is -0.311 e. The Balaban J connectivity index is 2.68. The van der Waals surface area contributed by atoms with E-state index in [-0.39, 0.29) is 0 Å². The van der Waals surface area contributed by atoms with Gasteiger partial charge in [0.05, 0.1) is 0 Å². The topological polar surface area (TPSA) is 15.3 Å². The van der Waals surface area contributed by atoms with Crippen LogP contribution < -0.4 is 5.32 Å². The van der Waals surface area contributed by atoms with E-state index in [2.05, 4.69) is 58.7 Å². The van der Waals surface area contributed by atoms with Crippen LogP contribution in [-0.4, -0.2) is 36.1 Å². The fourth-order valence-corrected chi connectivity index (χ4v) is 2.94. The second-order valence-electron chi connectivity index (χ2n) is 7.41. The molecule has 17 heavy (non-hydrogen) atoms. The van der Waals surface area contributed by atoms with Crippen molar-refractivity contribution in [3.8, 4) is 0 Å². The molecule has 1 fully saturated rings. The first-order valence-electron chi connectivity index (χ1n) is 7.21. The summed E-state index contributed by atoms with van der Waals surface area (Å²) in [5, 5.41) is 3.75. The van der Waals surface area contributed by atoms with Crippen LogP contribution in [0.15, 0.2) is 0 Å². The first kappa shape index (κ1) is 15.0. The minimum absolute atomic E-state index is 0.361. The van der Waals surface area contributed by atoms with Crippen molar-refractivity contribution >= 4 is 0 Å². The smallest absolute Gasteiger partial charge is 0.0272 e. The lowest BCUT2D eigenvalue weighted by molar-refractivity contribution is 0.0279. The lowest BCUT2D eigenvalue weighted by Crippen LogP contribution is -2.62. The molecule has 0 aliphatic carbocycles. The molecule has 1 N–H and O–H groups in total. The van der Waals surface area contributed by atoms with Crippen molar-refractivity contribution in [2.45, 2.75) is 73.0 Å². The average Bonchev–Trinajstić information content (AvgIpc) is 2.14. The van der Waals surface area contributed by atoms with E-state index in [1.807, 2.05) is 0 Å². The Labute approximate surface area is 108 Å². The number of piperazine rings is 1. The van der Waals surface area contributed by atoms with Gasteiger partial charge in [-0.1, -0.05) is 34.6 Å². The van der Waals surface area contributed by atoms with Crippen molar-refractivity contribution in [3.63, 3.8) is 0 Å². The highest BCUT2D eigenvalue weighted by molar-refractivity contribution is 4.93. The van der Waals surface area contributed by atoms with Crippen molar-refractivity contribution in [3.05, 3.63) is 0 Å². The number of hydrogen-bond donors (Lipinski definition) is 1. The third-order valence-electron chi connectivity index (χ3n) is 3.85. The Morgan fingerprint density at radius 1 is 1.18 bits per heavy atom. The van der Waals surface area contributed by atoms with E-state index in [1.54, 1.807) is 0 Å².